The van der Waals surface area contributed by atoms with Crippen molar-refractivity contribution >= 4 is 22.6 Å². The third-order valence-electron chi connectivity index (χ3n) is 4.38. The van der Waals surface area contributed by atoms with Gasteiger partial charge in [-0.25, -0.2) is 4.98 Å². The van der Waals surface area contributed by atoms with Gasteiger partial charge < -0.3 is 4.57 Å². The summed E-state index contributed by atoms with van der Waals surface area (Å²) in [5, 5.41) is 0.717. The zero-order chi connectivity index (χ0) is 16.5. The van der Waals surface area contributed by atoms with E-state index in [-0.39, 0.29) is 6.04 Å². The minimum Gasteiger partial charge on any atom is -0.317 e. The van der Waals surface area contributed by atoms with E-state index in [1.807, 2.05) is 42.5 Å². The molecule has 2 nitrogen and oxygen atoms in total. The van der Waals surface area contributed by atoms with Gasteiger partial charge in [0.2, 0.25) is 0 Å². The lowest BCUT2D eigenvalue weighted by atomic mass is 10.1. The molecule has 0 aliphatic carbocycles. The van der Waals surface area contributed by atoms with Crippen LogP contribution in [0, 0.1) is 0 Å². The Kier molecular flexibility index (Phi) is 3.83. The summed E-state index contributed by atoms with van der Waals surface area (Å²) in [5.74, 6) is 0.901. The van der Waals surface area contributed by atoms with Crippen molar-refractivity contribution in [3.8, 4) is 11.4 Å². The predicted octanol–water partition coefficient (Wildman–Crippen LogP) is 5.97. The van der Waals surface area contributed by atoms with Crippen molar-refractivity contribution in [2.75, 3.05) is 0 Å². The number of rotatable bonds is 3. The number of fused-ring (bicyclic) bond motifs is 1. The number of benzene rings is 3. The van der Waals surface area contributed by atoms with E-state index in [0.29, 0.717) is 5.02 Å². The van der Waals surface area contributed by atoms with E-state index in [0.717, 1.165) is 22.4 Å². The fraction of sp³-hybridized carbons (Fsp3) is 0.0952. The molecular weight excluding hydrogens is 316 g/mol. The van der Waals surface area contributed by atoms with E-state index in [4.69, 9.17) is 16.6 Å². The van der Waals surface area contributed by atoms with E-state index in [1.165, 1.54) is 5.56 Å². The third kappa shape index (κ3) is 2.49. The molecule has 0 saturated heterocycles. The molecule has 4 aromatic rings. The third-order valence-corrected chi connectivity index (χ3v) is 4.71. The largest absolute Gasteiger partial charge is 0.317 e. The average Bonchev–Trinajstić information content (AvgIpc) is 3.01. The molecule has 1 atom stereocenters. The van der Waals surface area contributed by atoms with Crippen molar-refractivity contribution < 1.29 is 0 Å². The van der Waals surface area contributed by atoms with Crippen LogP contribution in [0.3, 0.4) is 0 Å². The van der Waals surface area contributed by atoms with Gasteiger partial charge >= 0.3 is 0 Å². The van der Waals surface area contributed by atoms with Gasteiger partial charge in [0, 0.05) is 5.56 Å². The van der Waals surface area contributed by atoms with E-state index < -0.39 is 0 Å². The number of halogens is 1. The lowest BCUT2D eigenvalue weighted by molar-refractivity contribution is 0.665. The summed E-state index contributed by atoms with van der Waals surface area (Å²) in [6.45, 7) is 2.20. The molecule has 0 aliphatic rings. The van der Waals surface area contributed by atoms with Crippen LogP contribution in [0.2, 0.25) is 5.02 Å². The van der Waals surface area contributed by atoms with Crippen LogP contribution in [0.1, 0.15) is 18.5 Å². The molecule has 1 unspecified atom stereocenters. The second-order valence-corrected chi connectivity index (χ2v) is 6.27. The van der Waals surface area contributed by atoms with Crippen LogP contribution < -0.4 is 0 Å². The van der Waals surface area contributed by atoms with Gasteiger partial charge in [0.05, 0.1) is 22.1 Å². The van der Waals surface area contributed by atoms with Crippen LogP contribution >= 0.6 is 11.6 Å². The molecule has 0 saturated carbocycles. The number of hydrogen-bond acceptors (Lipinski definition) is 1. The molecule has 3 aromatic carbocycles. The highest BCUT2D eigenvalue weighted by atomic mass is 35.5. The Morgan fingerprint density at radius 2 is 1.50 bits per heavy atom. The highest BCUT2D eigenvalue weighted by Crippen LogP contribution is 2.34. The lowest BCUT2D eigenvalue weighted by Crippen LogP contribution is -2.08. The second kappa shape index (κ2) is 6.14. The topological polar surface area (TPSA) is 17.8 Å². The molecule has 4 rings (SSSR count). The van der Waals surface area contributed by atoms with Crippen molar-refractivity contribution in [2.45, 2.75) is 13.0 Å². The van der Waals surface area contributed by atoms with Crippen molar-refractivity contribution in [1.29, 1.82) is 0 Å². The van der Waals surface area contributed by atoms with Gasteiger partial charge in [0.1, 0.15) is 5.82 Å². The smallest absolute Gasteiger partial charge is 0.143 e. The second-order valence-electron chi connectivity index (χ2n) is 5.86. The molecule has 0 fully saturated rings. The summed E-state index contributed by atoms with van der Waals surface area (Å²) in [6.07, 6.45) is 0. The van der Waals surface area contributed by atoms with E-state index >= 15 is 0 Å². The van der Waals surface area contributed by atoms with Gasteiger partial charge in [-0.1, -0.05) is 66.2 Å². The zero-order valence-corrected chi connectivity index (χ0v) is 14.1. The number of para-hydroxylation sites is 2. The van der Waals surface area contributed by atoms with Crippen molar-refractivity contribution in [1.82, 2.24) is 9.55 Å². The Labute approximate surface area is 146 Å². The first-order valence-corrected chi connectivity index (χ1v) is 8.40. The van der Waals surface area contributed by atoms with Gasteiger partial charge in [0.15, 0.2) is 0 Å². The van der Waals surface area contributed by atoms with Crippen molar-refractivity contribution in [3.05, 3.63) is 89.4 Å². The molecule has 0 amide bonds. The first-order valence-electron chi connectivity index (χ1n) is 8.02. The Bertz CT molecular complexity index is 989. The Morgan fingerprint density at radius 3 is 2.29 bits per heavy atom. The fourth-order valence-electron chi connectivity index (χ4n) is 3.15. The van der Waals surface area contributed by atoms with Crippen LogP contribution in [0.25, 0.3) is 22.4 Å². The van der Waals surface area contributed by atoms with E-state index in [2.05, 4.69) is 47.9 Å². The number of hydrogen-bond donors (Lipinski definition) is 0. The molecule has 24 heavy (non-hydrogen) atoms. The number of nitrogens with zero attached hydrogens (tertiary/aromatic N) is 2. The van der Waals surface area contributed by atoms with Crippen LogP contribution in [-0.4, -0.2) is 9.55 Å². The molecule has 1 aromatic heterocycles. The fourth-order valence-corrected chi connectivity index (χ4v) is 3.37. The minimum absolute atomic E-state index is 0.157. The molecule has 0 aliphatic heterocycles. The Hall–Kier alpha value is -2.58. The van der Waals surface area contributed by atoms with Gasteiger partial charge in [0.25, 0.3) is 0 Å². The molecule has 1 heterocycles. The quantitative estimate of drug-likeness (QED) is 0.452. The molecule has 0 radical (unpaired) electrons. The highest BCUT2D eigenvalue weighted by molar-refractivity contribution is 6.33. The predicted molar refractivity (Wildman–Crippen MR) is 100 cm³/mol. The summed E-state index contributed by atoms with van der Waals surface area (Å²) >= 11 is 6.46. The van der Waals surface area contributed by atoms with Crippen molar-refractivity contribution in [3.63, 3.8) is 0 Å². The number of aromatic nitrogens is 2. The van der Waals surface area contributed by atoms with Gasteiger partial charge in [-0.15, -0.1) is 0 Å². The number of imidazole rings is 1. The monoisotopic (exact) mass is 332 g/mol. The average molecular weight is 333 g/mol. The van der Waals surface area contributed by atoms with Crippen LogP contribution in [-0.2, 0) is 0 Å². The molecule has 0 N–H and O–H groups in total. The maximum absolute atomic E-state index is 6.46. The Morgan fingerprint density at radius 1 is 0.833 bits per heavy atom. The molecule has 0 bridgehead atoms. The van der Waals surface area contributed by atoms with Crippen LogP contribution in [0.4, 0.5) is 0 Å². The summed E-state index contributed by atoms with van der Waals surface area (Å²) in [7, 11) is 0. The summed E-state index contributed by atoms with van der Waals surface area (Å²) in [4.78, 5) is 4.87. The summed E-state index contributed by atoms with van der Waals surface area (Å²) in [6, 6.07) is 26.7. The maximum atomic E-state index is 6.46. The molecular formula is C21H17ClN2. The first kappa shape index (κ1) is 15.0. The molecule has 0 spiro atoms. The van der Waals surface area contributed by atoms with Gasteiger partial charge in [-0.05, 0) is 36.8 Å². The van der Waals surface area contributed by atoms with Crippen molar-refractivity contribution in [2.24, 2.45) is 0 Å². The maximum Gasteiger partial charge on any atom is 0.143 e. The minimum atomic E-state index is 0.157. The standard InChI is InChI=1S/C21H17ClN2/c1-15(16-9-3-2-4-10-16)24-20-14-8-7-13-19(20)23-21(24)17-11-5-6-12-18(17)22/h2-15H,1H3. The Balaban J connectivity index is 1.99. The SMILES string of the molecule is CC(c1ccccc1)n1c(-c2ccccc2Cl)nc2ccccc21. The van der Waals surface area contributed by atoms with E-state index in [9.17, 15) is 0 Å². The van der Waals surface area contributed by atoms with Gasteiger partial charge in [-0.3, -0.25) is 0 Å². The molecule has 3 heteroatoms. The highest BCUT2D eigenvalue weighted by Gasteiger charge is 2.19. The normalized spacial score (nSPS) is 12.4. The summed E-state index contributed by atoms with van der Waals surface area (Å²) in [5.41, 5.74) is 4.30. The first-order chi connectivity index (χ1) is 11.8. The summed E-state index contributed by atoms with van der Waals surface area (Å²) < 4.78 is 2.27. The molecule has 118 valence electrons. The van der Waals surface area contributed by atoms with Crippen LogP contribution in [0.5, 0.6) is 0 Å². The van der Waals surface area contributed by atoms with Crippen LogP contribution in [0.15, 0.2) is 78.9 Å². The zero-order valence-electron chi connectivity index (χ0n) is 13.4. The van der Waals surface area contributed by atoms with Gasteiger partial charge in [-0.2, -0.15) is 0 Å². The lowest BCUT2D eigenvalue weighted by Gasteiger charge is -2.18. The van der Waals surface area contributed by atoms with E-state index in [1.54, 1.807) is 0 Å².